The molecule has 0 atom stereocenters. The number of hydrogen-bond acceptors (Lipinski definition) is 3. The van der Waals surface area contributed by atoms with E-state index < -0.39 is 0 Å². The van der Waals surface area contributed by atoms with E-state index in [0.29, 0.717) is 0 Å². The number of carbonyl (C=O) groups excluding carboxylic acids is 1. The van der Waals surface area contributed by atoms with Gasteiger partial charge in [0.1, 0.15) is 0 Å². The Morgan fingerprint density at radius 1 is 1.10 bits per heavy atom. The second kappa shape index (κ2) is 7.83. The van der Waals surface area contributed by atoms with Gasteiger partial charge >= 0.3 is 0 Å². The number of para-hydroxylation sites is 1. The molecule has 148 valence electrons. The average Bonchev–Trinajstić information content (AvgIpc) is 3.30. The van der Waals surface area contributed by atoms with Crippen LogP contribution in [0.4, 0.5) is 11.4 Å². The van der Waals surface area contributed by atoms with Gasteiger partial charge in [-0.2, -0.15) is 5.10 Å². The zero-order valence-corrected chi connectivity index (χ0v) is 16.9. The molecule has 0 aliphatic heterocycles. The van der Waals surface area contributed by atoms with Crippen molar-refractivity contribution in [2.75, 3.05) is 17.2 Å². The van der Waals surface area contributed by atoms with Gasteiger partial charge in [-0.05, 0) is 30.2 Å². The van der Waals surface area contributed by atoms with Crippen molar-refractivity contribution in [3.63, 3.8) is 0 Å². The number of aryl methyl sites for hydroxylation is 2. The fourth-order valence-electron chi connectivity index (χ4n) is 3.73. The Morgan fingerprint density at radius 3 is 2.69 bits per heavy atom. The molecule has 0 unspecified atom stereocenters. The molecule has 4 rings (SSSR count). The summed E-state index contributed by atoms with van der Waals surface area (Å²) in [5, 5.41) is 11.8. The maximum absolute atomic E-state index is 11.1. The Kier molecular flexibility index (Phi) is 5.08. The van der Waals surface area contributed by atoms with Crippen molar-refractivity contribution in [2.24, 2.45) is 14.1 Å². The van der Waals surface area contributed by atoms with Crippen LogP contribution in [-0.2, 0) is 18.9 Å². The van der Waals surface area contributed by atoms with Crippen LogP contribution in [-0.4, -0.2) is 27.3 Å². The second-order valence-corrected chi connectivity index (χ2v) is 7.18. The highest BCUT2D eigenvalue weighted by Gasteiger charge is 2.15. The van der Waals surface area contributed by atoms with Crippen molar-refractivity contribution in [3.05, 3.63) is 54.9 Å². The van der Waals surface area contributed by atoms with Crippen LogP contribution in [0.1, 0.15) is 13.3 Å². The van der Waals surface area contributed by atoms with E-state index in [1.807, 2.05) is 36.3 Å². The van der Waals surface area contributed by atoms with Gasteiger partial charge in [-0.25, -0.2) is 0 Å². The smallest absolute Gasteiger partial charge is 0.211 e. The van der Waals surface area contributed by atoms with Gasteiger partial charge in [0.05, 0.1) is 23.3 Å². The molecular weight excluding hydrogens is 362 g/mol. The molecule has 4 aromatic rings. The van der Waals surface area contributed by atoms with E-state index in [9.17, 15) is 4.79 Å². The van der Waals surface area contributed by atoms with Crippen LogP contribution in [0.3, 0.4) is 0 Å². The zero-order chi connectivity index (χ0) is 20.4. The van der Waals surface area contributed by atoms with Crippen LogP contribution in [0.5, 0.6) is 0 Å². The van der Waals surface area contributed by atoms with Gasteiger partial charge in [0.25, 0.3) is 0 Å². The predicted molar refractivity (Wildman–Crippen MR) is 119 cm³/mol. The first-order chi connectivity index (χ1) is 14.1. The Balaban J connectivity index is 1.85. The number of rotatable bonds is 7. The highest BCUT2D eigenvalue weighted by molar-refractivity contribution is 5.96. The summed E-state index contributed by atoms with van der Waals surface area (Å²) < 4.78 is 4.01. The van der Waals surface area contributed by atoms with Gasteiger partial charge in [0.15, 0.2) is 0 Å². The Hall–Kier alpha value is -3.54. The van der Waals surface area contributed by atoms with E-state index in [4.69, 9.17) is 0 Å². The van der Waals surface area contributed by atoms with Crippen LogP contribution in [0.2, 0.25) is 0 Å². The Morgan fingerprint density at radius 2 is 1.97 bits per heavy atom. The number of aromatic nitrogens is 3. The van der Waals surface area contributed by atoms with E-state index in [1.165, 1.54) is 5.39 Å². The first-order valence-corrected chi connectivity index (χ1v) is 9.78. The third kappa shape index (κ3) is 3.49. The third-order valence-corrected chi connectivity index (χ3v) is 5.19. The maximum Gasteiger partial charge on any atom is 0.211 e. The SMILES string of the molecule is CCCNc1c(NC=O)cccc1-c1cc2ccc(-c3cnn(C)c3)cc2n1C. The lowest BCUT2D eigenvalue weighted by molar-refractivity contribution is -0.105. The molecule has 1 amide bonds. The van der Waals surface area contributed by atoms with Crippen molar-refractivity contribution in [3.8, 4) is 22.4 Å². The van der Waals surface area contributed by atoms with Crippen LogP contribution in [0.25, 0.3) is 33.3 Å². The summed E-state index contributed by atoms with van der Waals surface area (Å²) in [6, 6.07) is 14.6. The summed E-state index contributed by atoms with van der Waals surface area (Å²) in [5.74, 6) is 0. The lowest BCUT2D eigenvalue weighted by Crippen LogP contribution is -2.07. The van der Waals surface area contributed by atoms with E-state index in [1.54, 1.807) is 0 Å². The molecule has 29 heavy (non-hydrogen) atoms. The maximum atomic E-state index is 11.1. The number of amides is 1. The zero-order valence-electron chi connectivity index (χ0n) is 16.9. The molecule has 0 saturated carbocycles. The summed E-state index contributed by atoms with van der Waals surface area (Å²) in [4.78, 5) is 11.1. The summed E-state index contributed by atoms with van der Waals surface area (Å²) in [6.45, 7) is 2.96. The van der Waals surface area contributed by atoms with Crippen molar-refractivity contribution in [1.82, 2.24) is 14.3 Å². The van der Waals surface area contributed by atoms with Crippen LogP contribution in [0.15, 0.2) is 54.9 Å². The lowest BCUT2D eigenvalue weighted by atomic mass is 10.1. The minimum Gasteiger partial charge on any atom is -0.383 e. The minimum absolute atomic E-state index is 0.720. The third-order valence-electron chi connectivity index (χ3n) is 5.19. The topological polar surface area (TPSA) is 63.9 Å². The number of carbonyl (C=O) groups is 1. The molecule has 0 fully saturated rings. The van der Waals surface area contributed by atoms with E-state index in [-0.39, 0.29) is 0 Å². The number of hydrogen-bond donors (Lipinski definition) is 2. The molecule has 0 saturated heterocycles. The van der Waals surface area contributed by atoms with E-state index in [2.05, 4.69) is 64.6 Å². The number of nitrogens with zero attached hydrogens (tertiary/aromatic N) is 3. The molecule has 6 heteroatoms. The second-order valence-electron chi connectivity index (χ2n) is 7.18. The number of fused-ring (bicyclic) bond motifs is 1. The van der Waals surface area contributed by atoms with Gasteiger partial charge in [-0.1, -0.05) is 31.2 Å². The Bertz CT molecular complexity index is 1170. The molecule has 2 heterocycles. The highest BCUT2D eigenvalue weighted by Crippen LogP contribution is 2.37. The molecule has 2 aromatic carbocycles. The predicted octanol–water partition coefficient (Wildman–Crippen LogP) is 4.64. The van der Waals surface area contributed by atoms with Gasteiger partial charge in [0, 0.05) is 48.9 Å². The number of nitrogens with one attached hydrogen (secondary N) is 2. The van der Waals surface area contributed by atoms with E-state index in [0.717, 1.165) is 58.7 Å². The average molecular weight is 387 g/mol. The number of anilines is 2. The highest BCUT2D eigenvalue weighted by atomic mass is 16.1. The minimum atomic E-state index is 0.720. The molecule has 2 aromatic heterocycles. The lowest BCUT2D eigenvalue weighted by Gasteiger charge is -2.16. The van der Waals surface area contributed by atoms with Crippen molar-refractivity contribution in [2.45, 2.75) is 13.3 Å². The largest absolute Gasteiger partial charge is 0.383 e. The van der Waals surface area contributed by atoms with Gasteiger partial charge < -0.3 is 15.2 Å². The van der Waals surface area contributed by atoms with E-state index >= 15 is 0 Å². The molecule has 0 bridgehead atoms. The molecule has 6 nitrogen and oxygen atoms in total. The first kappa shape index (κ1) is 18.8. The molecular formula is C23H25N5O. The van der Waals surface area contributed by atoms with Crippen molar-refractivity contribution < 1.29 is 4.79 Å². The molecule has 0 radical (unpaired) electrons. The molecule has 0 aliphatic carbocycles. The number of benzene rings is 2. The van der Waals surface area contributed by atoms with Crippen molar-refractivity contribution >= 4 is 28.7 Å². The summed E-state index contributed by atoms with van der Waals surface area (Å²) >= 11 is 0. The summed E-state index contributed by atoms with van der Waals surface area (Å²) in [6.07, 6.45) is 5.62. The summed E-state index contributed by atoms with van der Waals surface area (Å²) in [7, 11) is 4.00. The normalized spacial score (nSPS) is 11.0. The molecule has 0 spiro atoms. The van der Waals surface area contributed by atoms with Gasteiger partial charge in [-0.3, -0.25) is 9.48 Å². The Labute approximate surface area is 170 Å². The quantitative estimate of drug-likeness (QED) is 0.454. The van der Waals surface area contributed by atoms with Crippen molar-refractivity contribution in [1.29, 1.82) is 0 Å². The fourth-order valence-corrected chi connectivity index (χ4v) is 3.73. The van der Waals surface area contributed by atoms with Gasteiger partial charge in [0.2, 0.25) is 6.41 Å². The molecule has 0 aliphatic rings. The first-order valence-electron chi connectivity index (χ1n) is 9.78. The fraction of sp³-hybridized carbons (Fsp3) is 0.217. The molecule has 2 N–H and O–H groups in total. The van der Waals surface area contributed by atoms with Crippen LogP contribution >= 0.6 is 0 Å². The summed E-state index contributed by atoms with van der Waals surface area (Å²) in [5.41, 5.74) is 7.27. The van der Waals surface area contributed by atoms with Crippen LogP contribution < -0.4 is 10.6 Å². The monoisotopic (exact) mass is 387 g/mol. The van der Waals surface area contributed by atoms with Crippen LogP contribution in [0, 0.1) is 0 Å². The van der Waals surface area contributed by atoms with Gasteiger partial charge in [-0.15, -0.1) is 0 Å². The standard InChI is InChI=1S/C23H25N5O/c1-4-10-24-23-19(6-5-7-20(23)25-15-29)22-12-17-9-8-16(11-21(17)28(22)3)18-13-26-27(2)14-18/h5-9,11-15,24H,4,10H2,1-3H3,(H,25,29).